The maximum Gasteiger partial charge on any atom is 0.355 e. The number of carbonyl (C=O) groups excluding carboxylic acids is 3. The third kappa shape index (κ3) is 4.73. The fourth-order valence-corrected chi connectivity index (χ4v) is 5.06. The highest BCUT2D eigenvalue weighted by Crippen LogP contribution is 2.24. The van der Waals surface area contributed by atoms with Crippen molar-refractivity contribution in [3.8, 4) is 0 Å². The lowest BCUT2D eigenvalue weighted by molar-refractivity contribution is -0.122. The van der Waals surface area contributed by atoms with Crippen molar-refractivity contribution >= 4 is 33.2 Å². The van der Waals surface area contributed by atoms with Gasteiger partial charge < -0.3 is 14.2 Å². The van der Waals surface area contributed by atoms with Gasteiger partial charge in [-0.25, -0.2) is 13.2 Å². The molecule has 0 N–H and O–H groups in total. The largest absolute Gasteiger partial charge is 0.451 e. The fraction of sp³-hybridized carbons (Fsp3) is 0.350. The van der Waals surface area contributed by atoms with Gasteiger partial charge in [-0.2, -0.15) is 0 Å². The number of esters is 1. The summed E-state index contributed by atoms with van der Waals surface area (Å²) in [6.45, 7) is 0.853. The highest BCUT2D eigenvalue weighted by atomic mass is 32.2. The van der Waals surface area contributed by atoms with Crippen LogP contribution in [0.1, 0.15) is 34.2 Å². The molecule has 0 saturated carbocycles. The average molecular weight is 418 g/mol. The number of para-hydroxylation sites is 1. The van der Waals surface area contributed by atoms with E-state index < -0.39 is 34.4 Å². The standard InChI is InChI=1S/C20H22N2O6S/c1-14(23)15-10-18(21(2)11-15)20(25)28-12-19(24)22(16-6-4-3-5-7-16)17-8-9-29(26,27)13-17/h3-7,10-11,17H,8-9,12-13H2,1-2H3/t17-/m0/s1. The average Bonchev–Trinajstić information content (AvgIpc) is 3.23. The lowest BCUT2D eigenvalue weighted by atomic mass is 10.2. The Morgan fingerprint density at radius 3 is 2.45 bits per heavy atom. The molecule has 1 aliphatic rings. The van der Waals surface area contributed by atoms with Crippen LogP contribution in [-0.2, 0) is 26.4 Å². The van der Waals surface area contributed by atoms with E-state index in [0.29, 0.717) is 17.7 Å². The number of hydrogen-bond acceptors (Lipinski definition) is 6. The zero-order chi connectivity index (χ0) is 21.2. The second-order valence-corrected chi connectivity index (χ2v) is 9.24. The number of ether oxygens (including phenoxy) is 1. The predicted octanol–water partition coefficient (Wildman–Crippen LogP) is 1.60. The van der Waals surface area contributed by atoms with E-state index in [1.165, 1.54) is 28.7 Å². The van der Waals surface area contributed by atoms with E-state index in [1.54, 1.807) is 37.4 Å². The Kier molecular flexibility index (Phi) is 5.88. The molecule has 1 fully saturated rings. The van der Waals surface area contributed by atoms with Gasteiger partial charge in [-0.05, 0) is 31.5 Å². The van der Waals surface area contributed by atoms with Gasteiger partial charge in [0.15, 0.2) is 22.2 Å². The Balaban J connectivity index is 1.75. The third-order valence-corrected chi connectivity index (χ3v) is 6.57. The van der Waals surface area contributed by atoms with Crippen LogP contribution in [0.25, 0.3) is 0 Å². The van der Waals surface area contributed by atoms with E-state index in [1.807, 2.05) is 0 Å². The second kappa shape index (κ2) is 8.20. The van der Waals surface area contributed by atoms with E-state index in [0.717, 1.165) is 0 Å². The van der Waals surface area contributed by atoms with Gasteiger partial charge in [0.1, 0.15) is 5.69 Å². The van der Waals surface area contributed by atoms with Crippen LogP contribution >= 0.6 is 0 Å². The van der Waals surface area contributed by atoms with E-state index in [-0.39, 0.29) is 23.0 Å². The van der Waals surface area contributed by atoms with Gasteiger partial charge in [0.25, 0.3) is 5.91 Å². The van der Waals surface area contributed by atoms with E-state index in [2.05, 4.69) is 0 Å². The number of nitrogens with zero attached hydrogens (tertiary/aromatic N) is 2. The molecule has 0 unspecified atom stereocenters. The van der Waals surface area contributed by atoms with Gasteiger partial charge in [-0.15, -0.1) is 0 Å². The fourth-order valence-electron chi connectivity index (χ4n) is 3.36. The van der Waals surface area contributed by atoms with Crippen LogP contribution in [0.2, 0.25) is 0 Å². The maximum absolute atomic E-state index is 12.9. The van der Waals surface area contributed by atoms with E-state index >= 15 is 0 Å². The molecule has 9 heteroatoms. The zero-order valence-electron chi connectivity index (χ0n) is 16.2. The Hall–Kier alpha value is -2.94. The Morgan fingerprint density at radius 2 is 1.90 bits per heavy atom. The van der Waals surface area contributed by atoms with Crippen molar-refractivity contribution in [3.05, 3.63) is 53.9 Å². The number of benzene rings is 1. The lowest BCUT2D eigenvalue weighted by Crippen LogP contribution is -2.43. The second-order valence-electron chi connectivity index (χ2n) is 7.01. The number of carbonyl (C=O) groups is 3. The summed E-state index contributed by atoms with van der Waals surface area (Å²) >= 11 is 0. The molecule has 154 valence electrons. The summed E-state index contributed by atoms with van der Waals surface area (Å²) < 4.78 is 30.4. The molecule has 3 rings (SSSR count). The number of sulfone groups is 1. The molecule has 1 amide bonds. The van der Waals surface area contributed by atoms with Gasteiger partial charge in [0.05, 0.1) is 17.5 Å². The van der Waals surface area contributed by atoms with E-state index in [9.17, 15) is 22.8 Å². The number of rotatable bonds is 6. The molecule has 8 nitrogen and oxygen atoms in total. The molecule has 2 heterocycles. The monoisotopic (exact) mass is 418 g/mol. The summed E-state index contributed by atoms with van der Waals surface area (Å²) in [6.07, 6.45) is 1.84. The molecule has 0 spiro atoms. The molecule has 29 heavy (non-hydrogen) atoms. The summed E-state index contributed by atoms with van der Waals surface area (Å²) in [7, 11) is -1.60. The SMILES string of the molecule is CC(=O)c1cc(C(=O)OCC(=O)N(c2ccccc2)[C@H]2CCS(=O)(=O)C2)n(C)c1. The molecule has 1 aromatic carbocycles. The first-order valence-electron chi connectivity index (χ1n) is 9.10. The zero-order valence-corrected chi connectivity index (χ0v) is 17.0. The number of amides is 1. The smallest absolute Gasteiger partial charge is 0.355 e. The molecule has 2 aromatic rings. The van der Waals surface area contributed by atoms with Gasteiger partial charge in [0.2, 0.25) is 0 Å². The molecule has 0 radical (unpaired) electrons. The number of ketones is 1. The summed E-state index contributed by atoms with van der Waals surface area (Å²) in [5.41, 5.74) is 1.07. The van der Waals surface area contributed by atoms with Gasteiger partial charge in [-0.1, -0.05) is 18.2 Å². The quantitative estimate of drug-likeness (QED) is 0.522. The first-order valence-corrected chi connectivity index (χ1v) is 10.9. The van der Waals surface area contributed by atoms with Crippen molar-refractivity contribution in [1.29, 1.82) is 0 Å². The number of hydrogen-bond donors (Lipinski definition) is 0. The third-order valence-electron chi connectivity index (χ3n) is 4.82. The van der Waals surface area contributed by atoms with Crippen molar-refractivity contribution in [2.24, 2.45) is 7.05 Å². The lowest BCUT2D eigenvalue weighted by Gasteiger charge is -2.28. The molecule has 1 saturated heterocycles. The van der Waals surface area contributed by atoms with Crippen molar-refractivity contribution < 1.29 is 27.5 Å². The van der Waals surface area contributed by atoms with Crippen LogP contribution in [0.3, 0.4) is 0 Å². The van der Waals surface area contributed by atoms with Crippen LogP contribution < -0.4 is 4.90 Å². The number of Topliss-reactive ketones (excluding diaryl/α,β-unsaturated/α-hetero) is 1. The van der Waals surface area contributed by atoms with Crippen LogP contribution in [0, 0.1) is 0 Å². The molecule has 1 aliphatic heterocycles. The molecule has 0 bridgehead atoms. The molecule has 0 aliphatic carbocycles. The molecular formula is C20H22N2O6S. The summed E-state index contributed by atoms with van der Waals surface area (Å²) in [5.74, 6) is -1.53. The van der Waals surface area contributed by atoms with Crippen molar-refractivity contribution in [1.82, 2.24) is 4.57 Å². The maximum atomic E-state index is 12.9. The molecular weight excluding hydrogens is 396 g/mol. The Labute approximate surface area is 169 Å². The first kappa shape index (κ1) is 20.8. The summed E-state index contributed by atoms with van der Waals surface area (Å²) in [5, 5.41) is 0. The minimum atomic E-state index is -3.20. The minimum absolute atomic E-state index is 0.0191. The van der Waals surface area contributed by atoms with Crippen LogP contribution in [-0.4, -0.2) is 54.8 Å². The molecule has 1 atom stereocenters. The Morgan fingerprint density at radius 1 is 1.21 bits per heavy atom. The normalized spacial score (nSPS) is 17.7. The van der Waals surface area contributed by atoms with Gasteiger partial charge in [0, 0.05) is 24.5 Å². The van der Waals surface area contributed by atoms with Crippen LogP contribution in [0.15, 0.2) is 42.6 Å². The topological polar surface area (TPSA) is 103 Å². The summed E-state index contributed by atoms with van der Waals surface area (Å²) in [4.78, 5) is 38.1. The minimum Gasteiger partial charge on any atom is -0.451 e. The first-order chi connectivity index (χ1) is 13.7. The van der Waals surface area contributed by atoms with Gasteiger partial charge in [-0.3, -0.25) is 9.59 Å². The van der Waals surface area contributed by atoms with E-state index in [4.69, 9.17) is 4.74 Å². The number of aromatic nitrogens is 1. The van der Waals surface area contributed by atoms with Gasteiger partial charge >= 0.3 is 5.97 Å². The number of anilines is 1. The van der Waals surface area contributed by atoms with Crippen LogP contribution in [0.4, 0.5) is 5.69 Å². The van der Waals surface area contributed by atoms with Crippen LogP contribution in [0.5, 0.6) is 0 Å². The van der Waals surface area contributed by atoms with Crippen molar-refractivity contribution in [2.75, 3.05) is 23.0 Å². The molecule has 1 aromatic heterocycles. The van der Waals surface area contributed by atoms with Crippen molar-refractivity contribution in [2.45, 2.75) is 19.4 Å². The number of aryl methyl sites for hydroxylation is 1. The summed E-state index contributed by atoms with van der Waals surface area (Å²) in [6, 6.07) is 9.61. The predicted molar refractivity (Wildman–Crippen MR) is 107 cm³/mol. The van der Waals surface area contributed by atoms with Crippen molar-refractivity contribution in [3.63, 3.8) is 0 Å². The Bertz CT molecular complexity index is 1040. The highest BCUT2D eigenvalue weighted by Gasteiger charge is 2.35. The highest BCUT2D eigenvalue weighted by molar-refractivity contribution is 7.91.